The molecule has 0 amide bonds. The molecule has 0 aliphatic carbocycles. The second kappa shape index (κ2) is 4.37. The molecule has 0 unspecified atom stereocenters. The lowest BCUT2D eigenvalue weighted by Crippen LogP contribution is -2.44. The Morgan fingerprint density at radius 3 is 2.75 bits per heavy atom. The van der Waals surface area contributed by atoms with E-state index in [9.17, 15) is 0 Å². The molecule has 1 N–H and O–H groups in total. The second-order valence-corrected chi connectivity index (χ2v) is 8.03. The summed E-state index contributed by atoms with van der Waals surface area (Å²) in [7, 11) is -1.38. The molecule has 0 aromatic carbocycles. The predicted octanol–water partition coefficient (Wildman–Crippen LogP) is 0.630. The second-order valence-electron chi connectivity index (χ2n) is 3.90. The number of hydrogen-bond acceptors (Lipinski definition) is 3. The molecule has 1 saturated heterocycles. The van der Waals surface area contributed by atoms with Crippen LogP contribution in [-0.2, 0) is 4.43 Å². The van der Waals surface area contributed by atoms with E-state index in [-0.39, 0.29) is 0 Å². The fourth-order valence-electron chi connectivity index (χ4n) is 1.66. The van der Waals surface area contributed by atoms with Crippen LogP contribution in [0.4, 0.5) is 0 Å². The van der Waals surface area contributed by atoms with Gasteiger partial charge in [-0.1, -0.05) is 0 Å². The number of hydrogen-bond donors (Lipinski definition) is 1. The van der Waals surface area contributed by atoms with Crippen LogP contribution in [-0.4, -0.2) is 45.8 Å². The molecular formula is C8H20N2OSi. The van der Waals surface area contributed by atoms with Crippen molar-refractivity contribution in [1.82, 2.24) is 10.2 Å². The topological polar surface area (TPSA) is 24.5 Å². The molecule has 3 nitrogen and oxygen atoms in total. The molecule has 1 heterocycles. The van der Waals surface area contributed by atoms with Gasteiger partial charge in [-0.2, -0.15) is 0 Å². The van der Waals surface area contributed by atoms with Gasteiger partial charge in [0.1, 0.15) is 0 Å². The van der Waals surface area contributed by atoms with E-state index in [0.29, 0.717) is 0 Å². The molecule has 0 aromatic rings. The van der Waals surface area contributed by atoms with Crippen molar-refractivity contribution >= 4 is 8.32 Å². The Hall–Kier alpha value is 0.0969. The summed E-state index contributed by atoms with van der Waals surface area (Å²) in [6.07, 6.45) is 1.16. The lowest BCUT2D eigenvalue weighted by molar-refractivity contribution is 0.294. The van der Waals surface area contributed by atoms with Crippen LogP contribution in [0.3, 0.4) is 0 Å². The van der Waals surface area contributed by atoms with Gasteiger partial charge >= 0.3 is 0 Å². The minimum Gasteiger partial charge on any atom is -0.416 e. The fourth-order valence-corrected chi connectivity index (χ4v) is 3.88. The molecule has 0 atom stereocenters. The highest BCUT2D eigenvalue weighted by atomic mass is 28.4. The Morgan fingerprint density at radius 1 is 1.50 bits per heavy atom. The van der Waals surface area contributed by atoms with Gasteiger partial charge in [0, 0.05) is 32.5 Å². The maximum absolute atomic E-state index is 5.76. The molecule has 0 saturated carbocycles. The zero-order valence-corrected chi connectivity index (χ0v) is 9.39. The Bertz CT molecular complexity index is 135. The fraction of sp³-hybridized carbons (Fsp3) is 1.00. The van der Waals surface area contributed by atoms with E-state index in [2.05, 4.69) is 30.2 Å². The van der Waals surface area contributed by atoms with Crippen molar-refractivity contribution in [2.75, 3.05) is 32.5 Å². The summed E-state index contributed by atoms with van der Waals surface area (Å²) in [6.45, 7) is 10.9. The maximum atomic E-state index is 5.76. The van der Waals surface area contributed by atoms with E-state index in [1.54, 1.807) is 0 Å². The molecule has 1 fully saturated rings. The van der Waals surface area contributed by atoms with Crippen LogP contribution in [0, 0.1) is 0 Å². The molecule has 1 rings (SSSR count). The first-order chi connectivity index (χ1) is 5.64. The third-order valence-electron chi connectivity index (χ3n) is 2.08. The average Bonchev–Trinajstić information content (AvgIpc) is 2.38. The molecule has 1 aliphatic rings. The minimum atomic E-state index is -1.38. The molecule has 0 spiro atoms. The Kier molecular flexibility index (Phi) is 3.70. The molecule has 0 aromatic heterocycles. The van der Waals surface area contributed by atoms with E-state index >= 15 is 0 Å². The Balaban J connectivity index is 2.27. The van der Waals surface area contributed by atoms with Crippen molar-refractivity contribution in [2.45, 2.75) is 20.0 Å². The summed E-state index contributed by atoms with van der Waals surface area (Å²) in [5.41, 5.74) is 0. The average molecular weight is 188 g/mol. The van der Waals surface area contributed by atoms with Crippen LogP contribution in [0.1, 0.15) is 6.92 Å². The van der Waals surface area contributed by atoms with Gasteiger partial charge in [0.05, 0.1) is 0 Å². The van der Waals surface area contributed by atoms with Crippen LogP contribution < -0.4 is 5.32 Å². The minimum absolute atomic E-state index is 0.862. The van der Waals surface area contributed by atoms with Gasteiger partial charge < -0.3 is 9.74 Å². The predicted molar refractivity (Wildman–Crippen MR) is 53.6 cm³/mol. The largest absolute Gasteiger partial charge is 0.416 e. The van der Waals surface area contributed by atoms with Crippen LogP contribution in [0.15, 0.2) is 0 Å². The quantitative estimate of drug-likeness (QED) is 0.655. The van der Waals surface area contributed by atoms with Gasteiger partial charge in [0.2, 0.25) is 0 Å². The molecule has 0 bridgehead atoms. The summed E-state index contributed by atoms with van der Waals surface area (Å²) >= 11 is 0. The van der Waals surface area contributed by atoms with Gasteiger partial charge in [-0.05, 0) is 20.0 Å². The number of nitrogens with zero attached hydrogens (tertiary/aromatic N) is 1. The molecule has 72 valence electrons. The highest BCUT2D eigenvalue weighted by Crippen LogP contribution is 2.07. The first-order valence-electron chi connectivity index (χ1n) is 4.71. The monoisotopic (exact) mass is 188 g/mol. The first kappa shape index (κ1) is 10.2. The van der Waals surface area contributed by atoms with Gasteiger partial charge in [-0.15, -0.1) is 0 Å². The Labute approximate surface area is 76.2 Å². The van der Waals surface area contributed by atoms with Crippen molar-refractivity contribution in [3.05, 3.63) is 0 Å². The normalized spacial score (nSPS) is 20.2. The van der Waals surface area contributed by atoms with Crippen molar-refractivity contribution in [3.8, 4) is 0 Å². The number of nitrogens with one attached hydrogen (secondary N) is 1. The van der Waals surface area contributed by atoms with Crippen LogP contribution in [0.25, 0.3) is 0 Å². The molecular weight excluding hydrogens is 168 g/mol. The third kappa shape index (κ3) is 3.22. The highest BCUT2D eigenvalue weighted by Gasteiger charge is 2.26. The maximum Gasteiger partial charge on any atom is 0.200 e. The van der Waals surface area contributed by atoms with E-state index in [0.717, 1.165) is 26.0 Å². The van der Waals surface area contributed by atoms with Crippen molar-refractivity contribution in [1.29, 1.82) is 0 Å². The van der Waals surface area contributed by atoms with Gasteiger partial charge in [-0.25, -0.2) is 0 Å². The Morgan fingerprint density at radius 2 is 2.25 bits per heavy atom. The van der Waals surface area contributed by atoms with E-state index < -0.39 is 8.32 Å². The van der Waals surface area contributed by atoms with Gasteiger partial charge in [-0.3, -0.25) is 4.90 Å². The lowest BCUT2D eigenvalue weighted by Gasteiger charge is -2.27. The highest BCUT2D eigenvalue weighted by molar-refractivity contribution is 6.71. The van der Waals surface area contributed by atoms with Gasteiger partial charge in [0.15, 0.2) is 8.32 Å². The standard InChI is InChI=1S/C8H20N2OSi/c1-4-11-12(2,3)8-10-6-5-9-7-10/h9H,4-8H2,1-3H3. The van der Waals surface area contributed by atoms with E-state index in [1.165, 1.54) is 6.54 Å². The lowest BCUT2D eigenvalue weighted by atomic mass is 10.7. The van der Waals surface area contributed by atoms with Crippen molar-refractivity contribution in [3.63, 3.8) is 0 Å². The smallest absolute Gasteiger partial charge is 0.200 e. The summed E-state index contributed by atoms with van der Waals surface area (Å²) < 4.78 is 5.76. The SMILES string of the molecule is CCO[Si](C)(C)CN1CCNC1. The molecule has 0 radical (unpaired) electrons. The zero-order chi connectivity index (χ0) is 9.03. The molecule has 4 heteroatoms. The van der Waals surface area contributed by atoms with E-state index in [1.807, 2.05) is 0 Å². The number of rotatable bonds is 4. The zero-order valence-electron chi connectivity index (χ0n) is 8.39. The summed E-state index contributed by atoms with van der Waals surface area (Å²) in [5, 5.41) is 3.33. The summed E-state index contributed by atoms with van der Waals surface area (Å²) in [5.74, 6) is 0. The van der Waals surface area contributed by atoms with Crippen molar-refractivity contribution < 1.29 is 4.43 Å². The van der Waals surface area contributed by atoms with Crippen molar-refractivity contribution in [2.24, 2.45) is 0 Å². The molecule has 1 aliphatic heterocycles. The van der Waals surface area contributed by atoms with Crippen LogP contribution in [0.2, 0.25) is 13.1 Å². The molecule has 12 heavy (non-hydrogen) atoms. The first-order valence-corrected chi connectivity index (χ1v) is 7.82. The van der Waals surface area contributed by atoms with Gasteiger partial charge in [0.25, 0.3) is 0 Å². The van der Waals surface area contributed by atoms with Crippen LogP contribution in [0.5, 0.6) is 0 Å². The van der Waals surface area contributed by atoms with E-state index in [4.69, 9.17) is 4.43 Å². The summed E-state index contributed by atoms with van der Waals surface area (Å²) in [4.78, 5) is 2.45. The third-order valence-corrected chi connectivity index (χ3v) is 4.36. The summed E-state index contributed by atoms with van der Waals surface area (Å²) in [6, 6.07) is 0. The van der Waals surface area contributed by atoms with Crippen LogP contribution >= 0.6 is 0 Å².